The Morgan fingerprint density at radius 1 is 1.00 bits per heavy atom. The molecule has 0 saturated heterocycles. The van der Waals surface area contributed by atoms with Crippen molar-refractivity contribution in [1.29, 1.82) is 0 Å². The van der Waals surface area contributed by atoms with Gasteiger partial charge < -0.3 is 10.1 Å². The fraction of sp³-hybridized carbons (Fsp3) is 0.0500. The fourth-order valence-corrected chi connectivity index (χ4v) is 3.75. The Morgan fingerprint density at radius 2 is 1.72 bits per heavy atom. The number of nitrogens with one attached hydrogen (secondary N) is 2. The number of carbonyl (C=O) groups excluding carboxylic acids is 1. The molecule has 0 unspecified atom stereocenters. The van der Waals surface area contributed by atoms with E-state index in [-0.39, 0.29) is 26.9 Å². The van der Waals surface area contributed by atoms with Crippen LogP contribution < -0.4 is 14.8 Å². The normalized spacial score (nSPS) is 11.0. The molecule has 0 atom stereocenters. The first-order valence-electron chi connectivity index (χ1n) is 8.32. The summed E-state index contributed by atoms with van der Waals surface area (Å²) in [7, 11) is -2.41. The van der Waals surface area contributed by atoms with E-state index in [2.05, 4.69) is 10.0 Å². The molecular formula is C20H16ClFN2O4S. The lowest BCUT2D eigenvalue weighted by molar-refractivity contribution is 0.102. The van der Waals surface area contributed by atoms with Crippen molar-refractivity contribution < 1.29 is 22.3 Å². The maximum atomic E-state index is 13.3. The van der Waals surface area contributed by atoms with Gasteiger partial charge in [-0.25, -0.2) is 12.8 Å². The van der Waals surface area contributed by atoms with Crippen molar-refractivity contribution in [3.63, 3.8) is 0 Å². The van der Waals surface area contributed by atoms with Crippen LogP contribution in [-0.4, -0.2) is 21.4 Å². The van der Waals surface area contributed by atoms with Gasteiger partial charge >= 0.3 is 0 Å². The minimum absolute atomic E-state index is 0.0269. The number of sulfonamides is 1. The van der Waals surface area contributed by atoms with Crippen molar-refractivity contribution in [2.75, 3.05) is 17.1 Å². The van der Waals surface area contributed by atoms with Crippen LogP contribution in [0.15, 0.2) is 71.6 Å². The van der Waals surface area contributed by atoms with Gasteiger partial charge in [0.1, 0.15) is 11.6 Å². The largest absolute Gasteiger partial charge is 0.497 e. The molecule has 0 aromatic heterocycles. The number of methoxy groups -OCH3 is 1. The van der Waals surface area contributed by atoms with Crippen molar-refractivity contribution in [3.05, 3.63) is 83.1 Å². The predicted octanol–water partition coefficient (Wildman–Crippen LogP) is 4.54. The zero-order chi connectivity index (χ0) is 21.0. The average Bonchev–Trinajstić information content (AvgIpc) is 2.69. The molecule has 0 saturated carbocycles. The first kappa shape index (κ1) is 20.6. The molecule has 0 heterocycles. The quantitative estimate of drug-likeness (QED) is 0.596. The third kappa shape index (κ3) is 5.04. The van der Waals surface area contributed by atoms with Gasteiger partial charge in [-0.3, -0.25) is 9.52 Å². The van der Waals surface area contributed by atoms with Crippen molar-refractivity contribution in [3.8, 4) is 5.75 Å². The SMILES string of the molecule is COc1ccc(S(=O)(=O)Nc2ccc(Cl)c(C(=O)Nc3cccc(F)c3)c2)cc1. The molecule has 0 radical (unpaired) electrons. The zero-order valence-corrected chi connectivity index (χ0v) is 16.7. The smallest absolute Gasteiger partial charge is 0.261 e. The predicted molar refractivity (Wildman–Crippen MR) is 110 cm³/mol. The summed E-state index contributed by atoms with van der Waals surface area (Å²) in [5.41, 5.74) is 0.427. The number of ether oxygens (including phenoxy) is 1. The molecule has 29 heavy (non-hydrogen) atoms. The minimum Gasteiger partial charge on any atom is -0.497 e. The van der Waals surface area contributed by atoms with E-state index in [1.165, 1.54) is 67.8 Å². The van der Waals surface area contributed by atoms with Gasteiger partial charge in [0, 0.05) is 11.4 Å². The summed E-state index contributed by atoms with van der Waals surface area (Å²) in [5, 5.41) is 2.64. The average molecular weight is 435 g/mol. The topological polar surface area (TPSA) is 84.5 Å². The Kier molecular flexibility index (Phi) is 6.05. The lowest BCUT2D eigenvalue weighted by atomic mass is 10.2. The number of halogens is 2. The third-order valence-electron chi connectivity index (χ3n) is 3.92. The van der Waals surface area contributed by atoms with Crippen LogP contribution in [0.3, 0.4) is 0 Å². The van der Waals surface area contributed by atoms with Crippen molar-refractivity contribution in [2.45, 2.75) is 4.90 Å². The Balaban J connectivity index is 1.83. The second kappa shape index (κ2) is 8.50. The second-order valence-electron chi connectivity index (χ2n) is 5.94. The van der Waals surface area contributed by atoms with Crippen LogP contribution >= 0.6 is 11.6 Å². The molecule has 0 aliphatic rings. The molecule has 1 amide bonds. The highest BCUT2D eigenvalue weighted by Gasteiger charge is 2.17. The van der Waals surface area contributed by atoms with E-state index in [0.717, 1.165) is 6.07 Å². The number of rotatable bonds is 6. The Labute approximate surface area is 172 Å². The summed E-state index contributed by atoms with van der Waals surface area (Å²) in [5.74, 6) is -0.590. The van der Waals surface area contributed by atoms with E-state index in [1.807, 2.05) is 0 Å². The van der Waals surface area contributed by atoms with Crippen LogP contribution in [0.5, 0.6) is 5.75 Å². The first-order chi connectivity index (χ1) is 13.8. The number of amides is 1. The third-order valence-corrected chi connectivity index (χ3v) is 5.64. The van der Waals surface area contributed by atoms with Crippen LogP contribution in [0.25, 0.3) is 0 Å². The summed E-state index contributed by atoms with van der Waals surface area (Å²) in [6, 6.07) is 15.3. The van der Waals surface area contributed by atoms with Crippen LogP contribution in [0.1, 0.15) is 10.4 Å². The maximum Gasteiger partial charge on any atom is 0.261 e. The molecule has 0 bridgehead atoms. The molecule has 0 aliphatic heterocycles. The minimum atomic E-state index is -3.89. The molecule has 150 valence electrons. The van der Waals surface area contributed by atoms with E-state index in [4.69, 9.17) is 16.3 Å². The first-order valence-corrected chi connectivity index (χ1v) is 10.2. The molecule has 3 rings (SSSR count). The van der Waals surface area contributed by atoms with E-state index >= 15 is 0 Å². The Morgan fingerprint density at radius 3 is 2.38 bits per heavy atom. The highest BCUT2D eigenvalue weighted by Crippen LogP contribution is 2.25. The van der Waals surface area contributed by atoms with Crippen LogP contribution in [0.4, 0.5) is 15.8 Å². The molecule has 0 fully saturated rings. The Hall–Kier alpha value is -3.10. The monoisotopic (exact) mass is 434 g/mol. The van der Waals surface area contributed by atoms with Gasteiger partial charge in [-0.15, -0.1) is 0 Å². The van der Waals surface area contributed by atoms with E-state index < -0.39 is 21.7 Å². The number of carbonyl (C=O) groups is 1. The van der Waals surface area contributed by atoms with Gasteiger partial charge in [-0.1, -0.05) is 17.7 Å². The molecule has 6 nitrogen and oxygen atoms in total. The van der Waals surface area contributed by atoms with Gasteiger partial charge in [0.15, 0.2) is 0 Å². The highest BCUT2D eigenvalue weighted by molar-refractivity contribution is 7.92. The number of hydrogen-bond acceptors (Lipinski definition) is 4. The van der Waals surface area contributed by atoms with Crippen molar-refractivity contribution in [2.24, 2.45) is 0 Å². The molecule has 2 N–H and O–H groups in total. The molecule has 0 spiro atoms. The Bertz CT molecular complexity index is 1150. The summed E-state index contributed by atoms with van der Waals surface area (Å²) in [4.78, 5) is 12.5. The number of hydrogen-bond donors (Lipinski definition) is 2. The van der Waals surface area contributed by atoms with Crippen molar-refractivity contribution in [1.82, 2.24) is 0 Å². The van der Waals surface area contributed by atoms with Crippen LogP contribution in [-0.2, 0) is 10.0 Å². The summed E-state index contributed by atoms with van der Waals surface area (Å²) >= 11 is 6.08. The van der Waals surface area contributed by atoms with Gasteiger partial charge in [-0.2, -0.15) is 0 Å². The number of benzene rings is 3. The van der Waals surface area contributed by atoms with E-state index in [1.54, 1.807) is 0 Å². The lowest BCUT2D eigenvalue weighted by Crippen LogP contribution is -2.15. The van der Waals surface area contributed by atoms with Gasteiger partial charge in [0.2, 0.25) is 0 Å². The number of anilines is 2. The standard InChI is InChI=1S/C20H16ClFN2O4S/c1-28-16-6-8-17(9-7-16)29(26,27)24-15-5-10-19(21)18(12-15)20(25)23-14-4-2-3-13(22)11-14/h2-12,24H,1H3,(H,23,25). The van der Waals surface area contributed by atoms with Crippen LogP contribution in [0, 0.1) is 5.82 Å². The summed E-state index contributed by atoms with van der Waals surface area (Å²) in [6.45, 7) is 0. The molecule has 0 aliphatic carbocycles. The fourth-order valence-electron chi connectivity index (χ4n) is 2.50. The zero-order valence-electron chi connectivity index (χ0n) is 15.1. The van der Waals surface area contributed by atoms with Gasteiger partial charge in [0.05, 0.1) is 22.6 Å². The highest BCUT2D eigenvalue weighted by atomic mass is 35.5. The molecule has 3 aromatic rings. The molecule has 3 aromatic carbocycles. The van der Waals surface area contributed by atoms with Gasteiger partial charge in [-0.05, 0) is 60.7 Å². The van der Waals surface area contributed by atoms with Crippen molar-refractivity contribution >= 4 is 38.9 Å². The second-order valence-corrected chi connectivity index (χ2v) is 8.03. The summed E-state index contributed by atoms with van der Waals surface area (Å²) < 4.78 is 45.8. The van der Waals surface area contributed by atoms with E-state index in [0.29, 0.717) is 5.75 Å². The lowest BCUT2D eigenvalue weighted by Gasteiger charge is -2.12. The van der Waals surface area contributed by atoms with E-state index in [9.17, 15) is 17.6 Å². The molecule has 9 heteroatoms. The summed E-state index contributed by atoms with van der Waals surface area (Å²) in [6.07, 6.45) is 0. The maximum absolute atomic E-state index is 13.3. The van der Waals surface area contributed by atoms with Gasteiger partial charge in [0.25, 0.3) is 15.9 Å². The molecular weight excluding hydrogens is 419 g/mol. The van der Waals surface area contributed by atoms with Crippen LogP contribution in [0.2, 0.25) is 5.02 Å².